The van der Waals surface area contributed by atoms with Crippen molar-refractivity contribution in [3.8, 4) is 0 Å². The maximum Gasteiger partial charge on any atom is 0.228 e. The lowest BCUT2D eigenvalue weighted by Crippen LogP contribution is -2.29. The van der Waals surface area contributed by atoms with E-state index in [0.29, 0.717) is 6.07 Å². The smallest absolute Gasteiger partial charge is 0.228 e. The third-order valence-corrected chi connectivity index (χ3v) is 3.89. The average Bonchev–Trinajstić information content (AvgIpc) is 2.44. The maximum absolute atomic E-state index is 13.3. The van der Waals surface area contributed by atoms with Crippen LogP contribution in [-0.2, 0) is 4.79 Å². The number of rotatable bonds is 4. The molecular weight excluding hydrogens is 302 g/mol. The molecule has 1 heterocycles. The summed E-state index contributed by atoms with van der Waals surface area (Å²) in [5, 5.41) is 2.63. The van der Waals surface area contributed by atoms with Gasteiger partial charge in [-0.1, -0.05) is 6.42 Å². The van der Waals surface area contributed by atoms with Crippen molar-refractivity contribution >= 4 is 17.5 Å². The van der Waals surface area contributed by atoms with E-state index in [0.717, 1.165) is 31.4 Å². The highest BCUT2D eigenvalue weighted by atomic mass is 19.1. The van der Waals surface area contributed by atoms with E-state index in [1.807, 2.05) is 0 Å². The molecule has 0 atom stereocenters. The molecule has 2 aromatic rings. The van der Waals surface area contributed by atoms with Crippen LogP contribution in [0, 0.1) is 17.6 Å². The number of hydrogen-bond donors (Lipinski definition) is 1. The number of benzene rings is 1. The fraction of sp³-hybridized carbons (Fsp3) is 0.235. The molecule has 1 aromatic carbocycles. The van der Waals surface area contributed by atoms with E-state index in [-0.39, 0.29) is 28.8 Å². The van der Waals surface area contributed by atoms with Crippen LogP contribution < -0.4 is 5.32 Å². The number of carbonyl (C=O) groups excluding carboxylic acids is 2. The predicted octanol–water partition coefficient (Wildman–Crippen LogP) is 3.33. The van der Waals surface area contributed by atoms with Gasteiger partial charge in [0, 0.05) is 23.7 Å². The number of halogens is 2. The zero-order valence-corrected chi connectivity index (χ0v) is 12.2. The molecule has 1 aromatic heterocycles. The van der Waals surface area contributed by atoms with E-state index in [2.05, 4.69) is 10.3 Å². The standard InChI is InChI=1S/C17H14F2N2O2/c18-12-7-11(8-13(19)9-12)15(22)14-5-2-6-20-16(14)21-17(23)10-3-1-4-10/h2,5-10H,1,3-4H2,(H,20,21,23). The number of anilines is 1. The summed E-state index contributed by atoms with van der Waals surface area (Å²) >= 11 is 0. The minimum atomic E-state index is -0.836. The largest absolute Gasteiger partial charge is 0.310 e. The van der Waals surface area contributed by atoms with Gasteiger partial charge < -0.3 is 5.32 Å². The summed E-state index contributed by atoms with van der Waals surface area (Å²) in [4.78, 5) is 28.5. The summed E-state index contributed by atoms with van der Waals surface area (Å²) in [6.45, 7) is 0. The molecule has 0 radical (unpaired) electrons. The summed E-state index contributed by atoms with van der Waals surface area (Å²) in [6.07, 6.45) is 4.09. The van der Waals surface area contributed by atoms with Gasteiger partial charge in [-0.2, -0.15) is 0 Å². The lowest BCUT2D eigenvalue weighted by molar-refractivity contribution is -0.122. The van der Waals surface area contributed by atoms with Crippen LogP contribution in [0.1, 0.15) is 35.2 Å². The van der Waals surface area contributed by atoms with Crippen molar-refractivity contribution in [2.24, 2.45) is 5.92 Å². The summed E-state index contributed by atoms with van der Waals surface area (Å²) in [5.41, 5.74) is -0.0279. The fourth-order valence-electron chi connectivity index (χ4n) is 2.42. The van der Waals surface area contributed by atoms with Crippen LogP contribution in [0.15, 0.2) is 36.5 Å². The number of carbonyl (C=O) groups is 2. The number of ketones is 1. The first-order valence-electron chi connectivity index (χ1n) is 7.31. The maximum atomic E-state index is 13.3. The highest BCUT2D eigenvalue weighted by Gasteiger charge is 2.26. The summed E-state index contributed by atoms with van der Waals surface area (Å²) in [6, 6.07) is 5.60. The topological polar surface area (TPSA) is 59.1 Å². The molecule has 1 aliphatic rings. The first kappa shape index (κ1) is 15.3. The minimum absolute atomic E-state index is 0.0634. The van der Waals surface area contributed by atoms with Crippen LogP contribution in [0.25, 0.3) is 0 Å². The van der Waals surface area contributed by atoms with E-state index >= 15 is 0 Å². The molecule has 3 rings (SSSR count). The molecule has 0 unspecified atom stereocenters. The molecule has 1 aliphatic carbocycles. The fourth-order valence-corrected chi connectivity index (χ4v) is 2.42. The van der Waals surface area contributed by atoms with E-state index in [4.69, 9.17) is 0 Å². The van der Waals surface area contributed by atoms with Crippen molar-refractivity contribution in [1.29, 1.82) is 0 Å². The van der Waals surface area contributed by atoms with Crippen molar-refractivity contribution in [2.75, 3.05) is 5.32 Å². The number of hydrogen-bond acceptors (Lipinski definition) is 3. The van der Waals surface area contributed by atoms with Gasteiger partial charge in [0.1, 0.15) is 17.5 Å². The van der Waals surface area contributed by atoms with E-state index < -0.39 is 17.4 Å². The second-order valence-electron chi connectivity index (χ2n) is 5.50. The Morgan fingerprint density at radius 3 is 2.43 bits per heavy atom. The molecule has 1 amide bonds. The van der Waals surface area contributed by atoms with Gasteiger partial charge in [0.25, 0.3) is 0 Å². The quantitative estimate of drug-likeness (QED) is 0.880. The molecule has 23 heavy (non-hydrogen) atoms. The molecule has 0 saturated heterocycles. The van der Waals surface area contributed by atoms with Gasteiger partial charge >= 0.3 is 0 Å². The lowest BCUT2D eigenvalue weighted by Gasteiger charge is -2.24. The molecule has 0 spiro atoms. The Balaban J connectivity index is 1.89. The molecule has 1 saturated carbocycles. The Kier molecular flexibility index (Phi) is 4.14. The number of nitrogens with zero attached hydrogens (tertiary/aromatic N) is 1. The molecule has 6 heteroatoms. The van der Waals surface area contributed by atoms with Crippen molar-refractivity contribution in [1.82, 2.24) is 4.98 Å². The van der Waals surface area contributed by atoms with Gasteiger partial charge in [-0.15, -0.1) is 0 Å². The highest BCUT2D eigenvalue weighted by molar-refractivity contribution is 6.13. The molecule has 118 valence electrons. The van der Waals surface area contributed by atoms with Gasteiger partial charge in [0.05, 0.1) is 5.56 Å². The summed E-state index contributed by atoms with van der Waals surface area (Å²) in [5.74, 6) is -2.41. The first-order valence-corrected chi connectivity index (χ1v) is 7.31. The summed E-state index contributed by atoms with van der Waals surface area (Å²) in [7, 11) is 0. The van der Waals surface area contributed by atoms with E-state index in [9.17, 15) is 18.4 Å². The first-order chi connectivity index (χ1) is 11.0. The van der Waals surface area contributed by atoms with Crippen molar-refractivity contribution < 1.29 is 18.4 Å². The van der Waals surface area contributed by atoms with Crippen LogP contribution in [0.2, 0.25) is 0 Å². The third kappa shape index (κ3) is 3.26. The Hall–Kier alpha value is -2.63. The van der Waals surface area contributed by atoms with Crippen LogP contribution in [0.4, 0.5) is 14.6 Å². The normalized spacial score (nSPS) is 14.2. The second kappa shape index (κ2) is 6.24. The number of aromatic nitrogens is 1. The van der Waals surface area contributed by atoms with E-state index in [1.165, 1.54) is 18.3 Å². The van der Waals surface area contributed by atoms with Gasteiger partial charge in [-0.3, -0.25) is 9.59 Å². The second-order valence-corrected chi connectivity index (χ2v) is 5.50. The minimum Gasteiger partial charge on any atom is -0.310 e. The molecule has 1 fully saturated rings. The SMILES string of the molecule is O=C(c1cc(F)cc(F)c1)c1cccnc1NC(=O)C1CCC1. The van der Waals surface area contributed by atoms with Crippen molar-refractivity contribution in [2.45, 2.75) is 19.3 Å². The molecule has 0 aliphatic heterocycles. The van der Waals surface area contributed by atoms with Gasteiger partial charge in [0.2, 0.25) is 5.91 Å². The van der Waals surface area contributed by atoms with Gasteiger partial charge in [-0.25, -0.2) is 13.8 Å². The number of nitrogens with one attached hydrogen (secondary N) is 1. The van der Waals surface area contributed by atoms with Crippen LogP contribution in [0.3, 0.4) is 0 Å². The zero-order chi connectivity index (χ0) is 16.4. The van der Waals surface area contributed by atoms with Crippen LogP contribution in [-0.4, -0.2) is 16.7 Å². The zero-order valence-electron chi connectivity index (χ0n) is 12.2. The predicted molar refractivity (Wildman–Crippen MR) is 80.0 cm³/mol. The number of amides is 1. The molecule has 4 nitrogen and oxygen atoms in total. The number of pyridine rings is 1. The Labute approximate surface area is 131 Å². The monoisotopic (exact) mass is 316 g/mol. The lowest BCUT2D eigenvalue weighted by atomic mass is 9.85. The van der Waals surface area contributed by atoms with Crippen molar-refractivity contribution in [3.05, 3.63) is 59.3 Å². The van der Waals surface area contributed by atoms with Crippen LogP contribution >= 0.6 is 0 Å². The highest BCUT2D eigenvalue weighted by Crippen LogP contribution is 2.28. The molecule has 0 bridgehead atoms. The Morgan fingerprint density at radius 1 is 1.13 bits per heavy atom. The summed E-state index contributed by atoms with van der Waals surface area (Å²) < 4.78 is 26.6. The third-order valence-electron chi connectivity index (χ3n) is 3.89. The molecular formula is C17H14F2N2O2. The van der Waals surface area contributed by atoms with Gasteiger partial charge in [-0.05, 0) is 37.1 Å². The van der Waals surface area contributed by atoms with Crippen molar-refractivity contribution in [3.63, 3.8) is 0 Å². The van der Waals surface area contributed by atoms with E-state index in [1.54, 1.807) is 0 Å². The Morgan fingerprint density at radius 2 is 1.83 bits per heavy atom. The Bertz CT molecular complexity index is 753. The van der Waals surface area contributed by atoms with Crippen LogP contribution in [0.5, 0.6) is 0 Å². The molecule has 1 N–H and O–H groups in total. The average molecular weight is 316 g/mol. The van der Waals surface area contributed by atoms with Gasteiger partial charge in [0.15, 0.2) is 5.78 Å².